The second-order valence-electron chi connectivity index (χ2n) is 2.18. The Bertz CT molecular complexity index is 320. The molecular formula is C7H5Cl2F2NO. The second kappa shape index (κ2) is 3.98. The molecule has 1 rings (SSSR count). The van der Waals surface area contributed by atoms with E-state index in [2.05, 4.69) is 4.74 Å². The molecule has 0 aliphatic rings. The van der Waals surface area contributed by atoms with Crippen molar-refractivity contribution in [2.45, 2.75) is 6.61 Å². The van der Waals surface area contributed by atoms with Gasteiger partial charge in [0.05, 0.1) is 10.7 Å². The minimum Gasteiger partial charge on any atom is -0.433 e. The molecule has 0 atom stereocenters. The fourth-order valence-electron chi connectivity index (χ4n) is 0.755. The van der Waals surface area contributed by atoms with Crippen LogP contribution in [-0.2, 0) is 0 Å². The van der Waals surface area contributed by atoms with E-state index in [1.54, 1.807) is 0 Å². The third-order valence-corrected chi connectivity index (χ3v) is 1.80. The van der Waals surface area contributed by atoms with E-state index >= 15 is 0 Å². The van der Waals surface area contributed by atoms with Gasteiger partial charge in [-0.3, -0.25) is 0 Å². The van der Waals surface area contributed by atoms with E-state index in [9.17, 15) is 8.78 Å². The number of ether oxygens (including phenoxy) is 1. The van der Waals surface area contributed by atoms with Crippen molar-refractivity contribution in [2.75, 3.05) is 5.73 Å². The van der Waals surface area contributed by atoms with E-state index < -0.39 is 6.61 Å². The molecule has 0 bridgehead atoms. The maximum atomic E-state index is 11.8. The minimum absolute atomic E-state index is 0.0497. The van der Waals surface area contributed by atoms with Crippen LogP contribution < -0.4 is 10.5 Å². The van der Waals surface area contributed by atoms with Gasteiger partial charge in [0.15, 0.2) is 5.75 Å². The first-order valence-electron chi connectivity index (χ1n) is 3.20. The summed E-state index contributed by atoms with van der Waals surface area (Å²) in [4.78, 5) is 0. The fourth-order valence-corrected chi connectivity index (χ4v) is 1.23. The van der Waals surface area contributed by atoms with Gasteiger partial charge < -0.3 is 10.5 Å². The maximum Gasteiger partial charge on any atom is 0.387 e. The highest BCUT2D eigenvalue weighted by Crippen LogP contribution is 2.33. The lowest BCUT2D eigenvalue weighted by Gasteiger charge is -2.08. The number of alkyl halides is 2. The zero-order chi connectivity index (χ0) is 10.0. The third kappa shape index (κ3) is 2.60. The average molecular weight is 228 g/mol. The van der Waals surface area contributed by atoms with Crippen molar-refractivity contribution in [2.24, 2.45) is 0 Å². The highest BCUT2D eigenvalue weighted by Gasteiger charge is 2.11. The summed E-state index contributed by atoms with van der Waals surface area (Å²) in [6.45, 7) is -2.95. The number of nitrogen functional groups attached to an aromatic ring is 1. The standard InChI is InChI=1S/C7H5Cl2F2NO/c8-3-1-4(9)6(12)5(2-3)13-7(10)11/h1-2,7H,12H2. The first kappa shape index (κ1) is 10.3. The Morgan fingerprint density at radius 2 is 1.92 bits per heavy atom. The topological polar surface area (TPSA) is 35.2 Å². The van der Waals surface area contributed by atoms with E-state index in [4.69, 9.17) is 28.9 Å². The molecule has 0 fully saturated rings. The van der Waals surface area contributed by atoms with Crippen LogP contribution in [-0.4, -0.2) is 6.61 Å². The van der Waals surface area contributed by atoms with Gasteiger partial charge in [-0.15, -0.1) is 0 Å². The van der Waals surface area contributed by atoms with Crippen molar-refractivity contribution >= 4 is 28.9 Å². The number of anilines is 1. The Morgan fingerprint density at radius 1 is 1.31 bits per heavy atom. The Labute approximate surface area is 83.2 Å². The van der Waals surface area contributed by atoms with Crippen LogP contribution in [0.25, 0.3) is 0 Å². The van der Waals surface area contributed by atoms with Crippen molar-refractivity contribution in [3.05, 3.63) is 22.2 Å². The molecule has 0 radical (unpaired) electrons. The van der Waals surface area contributed by atoms with Crippen molar-refractivity contribution in [1.29, 1.82) is 0 Å². The zero-order valence-electron chi connectivity index (χ0n) is 6.23. The molecule has 2 N–H and O–H groups in total. The first-order valence-corrected chi connectivity index (χ1v) is 3.95. The molecule has 2 nitrogen and oxygen atoms in total. The Balaban J connectivity index is 3.05. The van der Waals surface area contributed by atoms with Crippen LogP contribution in [0, 0.1) is 0 Å². The summed E-state index contributed by atoms with van der Waals surface area (Å²) in [6.07, 6.45) is 0. The lowest BCUT2D eigenvalue weighted by atomic mass is 10.3. The lowest BCUT2D eigenvalue weighted by Crippen LogP contribution is -2.04. The molecule has 0 aliphatic carbocycles. The second-order valence-corrected chi connectivity index (χ2v) is 3.02. The predicted molar refractivity (Wildman–Crippen MR) is 47.5 cm³/mol. The average Bonchev–Trinajstić information content (AvgIpc) is 1.98. The van der Waals surface area contributed by atoms with Gasteiger partial charge >= 0.3 is 6.61 Å². The molecule has 0 unspecified atom stereocenters. The summed E-state index contributed by atoms with van der Waals surface area (Å²) in [5.41, 5.74) is 5.30. The molecule has 0 heterocycles. The van der Waals surface area contributed by atoms with E-state index in [0.717, 1.165) is 0 Å². The monoisotopic (exact) mass is 227 g/mol. The number of benzene rings is 1. The van der Waals surface area contributed by atoms with Gasteiger partial charge in [-0.2, -0.15) is 8.78 Å². The smallest absolute Gasteiger partial charge is 0.387 e. The molecule has 1 aromatic rings. The van der Waals surface area contributed by atoms with Crippen molar-refractivity contribution in [3.8, 4) is 5.75 Å². The number of halogens is 4. The first-order chi connectivity index (χ1) is 6.00. The fraction of sp³-hybridized carbons (Fsp3) is 0.143. The molecule has 1 aromatic carbocycles. The normalized spacial score (nSPS) is 10.5. The molecule has 0 aliphatic heterocycles. The van der Waals surface area contributed by atoms with Gasteiger partial charge in [0.25, 0.3) is 0 Å². The molecule has 0 spiro atoms. The minimum atomic E-state index is -2.95. The SMILES string of the molecule is Nc1c(Cl)cc(Cl)cc1OC(F)F. The molecule has 0 saturated carbocycles. The zero-order valence-corrected chi connectivity index (χ0v) is 7.74. The molecular weight excluding hydrogens is 223 g/mol. The van der Waals surface area contributed by atoms with Gasteiger partial charge in [0.2, 0.25) is 0 Å². The number of nitrogens with two attached hydrogens (primary N) is 1. The highest BCUT2D eigenvalue weighted by molar-refractivity contribution is 6.36. The third-order valence-electron chi connectivity index (χ3n) is 1.27. The molecule has 0 aromatic heterocycles. The molecule has 72 valence electrons. The van der Waals surface area contributed by atoms with Crippen LogP contribution >= 0.6 is 23.2 Å². The lowest BCUT2D eigenvalue weighted by molar-refractivity contribution is -0.0493. The van der Waals surface area contributed by atoms with Crippen molar-refractivity contribution < 1.29 is 13.5 Å². The number of rotatable bonds is 2. The van der Waals surface area contributed by atoms with Crippen molar-refractivity contribution in [3.63, 3.8) is 0 Å². The van der Waals surface area contributed by atoms with Crippen molar-refractivity contribution in [1.82, 2.24) is 0 Å². The Hall–Kier alpha value is -0.740. The summed E-state index contributed by atoms with van der Waals surface area (Å²) in [7, 11) is 0. The van der Waals surface area contributed by atoms with E-state index in [0.29, 0.717) is 0 Å². The predicted octanol–water partition coefficient (Wildman–Crippen LogP) is 3.18. The van der Waals surface area contributed by atoms with Crippen LogP contribution in [0.1, 0.15) is 0 Å². The van der Waals surface area contributed by atoms with E-state index in [-0.39, 0.29) is 21.5 Å². The molecule has 0 amide bonds. The number of hydrogen-bond acceptors (Lipinski definition) is 2. The summed E-state index contributed by atoms with van der Waals surface area (Å²) >= 11 is 11.1. The Kier molecular flexibility index (Phi) is 3.17. The summed E-state index contributed by atoms with van der Waals surface area (Å²) < 4.78 is 27.7. The largest absolute Gasteiger partial charge is 0.433 e. The van der Waals surface area contributed by atoms with Crippen LogP contribution in [0.15, 0.2) is 12.1 Å². The van der Waals surface area contributed by atoms with Gasteiger partial charge in [-0.25, -0.2) is 0 Å². The van der Waals surface area contributed by atoms with Crippen LogP contribution in [0.3, 0.4) is 0 Å². The summed E-state index contributed by atoms with van der Waals surface area (Å²) in [5, 5.41) is 0.276. The summed E-state index contributed by atoms with van der Waals surface area (Å²) in [6, 6.07) is 2.52. The summed E-state index contributed by atoms with van der Waals surface area (Å²) in [5.74, 6) is -0.215. The molecule has 13 heavy (non-hydrogen) atoms. The van der Waals surface area contributed by atoms with Gasteiger partial charge in [-0.1, -0.05) is 23.2 Å². The maximum absolute atomic E-state index is 11.8. The highest BCUT2D eigenvalue weighted by atomic mass is 35.5. The van der Waals surface area contributed by atoms with Crippen LogP contribution in [0.4, 0.5) is 14.5 Å². The number of hydrogen-bond donors (Lipinski definition) is 1. The molecule has 0 saturated heterocycles. The Morgan fingerprint density at radius 3 is 2.46 bits per heavy atom. The van der Waals surface area contributed by atoms with E-state index in [1.165, 1.54) is 12.1 Å². The van der Waals surface area contributed by atoms with Crippen LogP contribution in [0.5, 0.6) is 5.75 Å². The van der Waals surface area contributed by atoms with Gasteiger partial charge in [-0.05, 0) is 6.07 Å². The van der Waals surface area contributed by atoms with Gasteiger partial charge in [0, 0.05) is 11.1 Å². The quantitative estimate of drug-likeness (QED) is 0.789. The van der Waals surface area contributed by atoms with E-state index in [1.807, 2.05) is 0 Å². The van der Waals surface area contributed by atoms with Gasteiger partial charge in [0.1, 0.15) is 0 Å². The van der Waals surface area contributed by atoms with Crippen LogP contribution in [0.2, 0.25) is 10.0 Å². The molecule has 6 heteroatoms.